The van der Waals surface area contributed by atoms with Crippen molar-refractivity contribution in [2.75, 3.05) is 7.11 Å². The lowest BCUT2D eigenvalue weighted by Gasteiger charge is -2.31. The van der Waals surface area contributed by atoms with Gasteiger partial charge in [-0.1, -0.05) is 12.1 Å². The highest BCUT2D eigenvalue weighted by atomic mass is 16.5. The molecule has 1 aliphatic heterocycles. The van der Waals surface area contributed by atoms with Gasteiger partial charge in [0, 0.05) is 11.1 Å². The fourth-order valence-corrected chi connectivity index (χ4v) is 2.90. The first-order valence-electron chi connectivity index (χ1n) is 6.67. The third-order valence-electron chi connectivity index (χ3n) is 3.89. The van der Waals surface area contributed by atoms with Crippen molar-refractivity contribution >= 4 is 17.3 Å². The highest BCUT2D eigenvalue weighted by molar-refractivity contribution is 6.38. The second-order valence-electron chi connectivity index (χ2n) is 5.11. The van der Waals surface area contributed by atoms with Gasteiger partial charge in [0.1, 0.15) is 11.9 Å². The average Bonchev–Trinajstić information content (AvgIpc) is 2.47. The van der Waals surface area contributed by atoms with E-state index in [1.807, 2.05) is 0 Å². The predicted molar refractivity (Wildman–Crippen MR) is 73.7 cm³/mol. The van der Waals surface area contributed by atoms with Crippen molar-refractivity contribution in [3.8, 4) is 5.75 Å². The monoisotopic (exact) mass is 286 g/mol. The van der Waals surface area contributed by atoms with Crippen molar-refractivity contribution in [3.63, 3.8) is 0 Å². The number of carbonyl (C=O) groups excluding carboxylic acids is 3. The minimum Gasteiger partial charge on any atom is -0.496 e. The maximum atomic E-state index is 12.7. The van der Waals surface area contributed by atoms with Gasteiger partial charge in [-0.15, -0.1) is 0 Å². The number of ether oxygens (including phenoxy) is 2. The molecule has 0 saturated heterocycles. The molecular weight excluding hydrogens is 272 g/mol. The average molecular weight is 286 g/mol. The van der Waals surface area contributed by atoms with Crippen LogP contribution < -0.4 is 4.74 Å². The normalized spacial score (nSPS) is 24.8. The second kappa shape index (κ2) is 4.63. The molecule has 0 spiro atoms. The molecule has 0 radical (unpaired) electrons. The van der Waals surface area contributed by atoms with E-state index in [9.17, 15) is 14.4 Å². The molecule has 0 unspecified atom stereocenters. The van der Waals surface area contributed by atoms with Gasteiger partial charge in [-0.25, -0.2) is 0 Å². The first-order valence-corrected chi connectivity index (χ1v) is 6.67. The summed E-state index contributed by atoms with van der Waals surface area (Å²) in [6, 6.07) is 4.79. The van der Waals surface area contributed by atoms with Crippen LogP contribution in [0.25, 0.3) is 0 Å². The van der Waals surface area contributed by atoms with Crippen molar-refractivity contribution in [1.29, 1.82) is 0 Å². The summed E-state index contributed by atoms with van der Waals surface area (Å²) in [6.07, 6.45) is -1.31. The first kappa shape index (κ1) is 13.7. The van der Waals surface area contributed by atoms with E-state index in [0.717, 1.165) is 0 Å². The molecule has 0 bridgehead atoms. The molecular formula is C16H14O5. The lowest BCUT2D eigenvalue weighted by atomic mass is 9.78. The number of benzene rings is 1. The molecule has 1 aromatic carbocycles. The van der Waals surface area contributed by atoms with Crippen LogP contribution in [0.15, 0.2) is 29.3 Å². The number of carbonyl (C=O) groups is 3. The fourth-order valence-electron chi connectivity index (χ4n) is 2.90. The van der Waals surface area contributed by atoms with E-state index in [2.05, 4.69) is 0 Å². The van der Waals surface area contributed by atoms with Gasteiger partial charge in [0.05, 0.1) is 24.4 Å². The van der Waals surface area contributed by atoms with Gasteiger partial charge in [0.2, 0.25) is 0 Å². The summed E-state index contributed by atoms with van der Waals surface area (Å²) in [7, 11) is 1.44. The molecule has 2 atom stereocenters. The number of Topliss-reactive ketones (excluding diaryl/α,β-unsaturated/α-hetero) is 3. The third kappa shape index (κ3) is 1.77. The van der Waals surface area contributed by atoms with Crippen LogP contribution in [0.1, 0.15) is 34.6 Å². The number of hydrogen-bond donors (Lipinski definition) is 0. The van der Waals surface area contributed by atoms with E-state index in [4.69, 9.17) is 9.47 Å². The molecule has 5 nitrogen and oxygen atoms in total. The van der Waals surface area contributed by atoms with Crippen LogP contribution in [-0.4, -0.2) is 36.7 Å². The Labute approximate surface area is 121 Å². The predicted octanol–water partition coefficient (Wildman–Crippen LogP) is 1.75. The minimum absolute atomic E-state index is 0.0352. The Morgan fingerprint density at radius 1 is 1.05 bits per heavy atom. The van der Waals surface area contributed by atoms with Gasteiger partial charge in [-0.05, 0) is 19.9 Å². The largest absolute Gasteiger partial charge is 0.496 e. The van der Waals surface area contributed by atoms with Crippen LogP contribution in [-0.2, 0) is 9.53 Å². The minimum atomic E-state index is -0.720. The van der Waals surface area contributed by atoms with Crippen molar-refractivity contribution in [3.05, 3.63) is 40.5 Å². The number of ketones is 3. The van der Waals surface area contributed by atoms with E-state index in [1.54, 1.807) is 32.0 Å². The quantitative estimate of drug-likeness (QED) is 0.736. The summed E-state index contributed by atoms with van der Waals surface area (Å²) in [5.74, 6) is -0.902. The van der Waals surface area contributed by atoms with E-state index in [1.165, 1.54) is 7.11 Å². The van der Waals surface area contributed by atoms with Gasteiger partial charge < -0.3 is 9.47 Å². The SMILES string of the molecule is COc1cccc2c1C(=O)C1=C(C2=O)C(=O)[C@H](C)O[C@H]1C. The van der Waals surface area contributed by atoms with E-state index >= 15 is 0 Å². The zero-order chi connectivity index (χ0) is 15.3. The molecule has 1 aliphatic carbocycles. The standard InChI is InChI=1S/C16H14O5/c1-7-11-13(14(17)8(2)21-7)15(18)9-5-4-6-10(20-3)12(9)16(11)19/h4-8H,1-3H3/t7-,8-/m0/s1. The number of hydrogen-bond acceptors (Lipinski definition) is 5. The van der Waals surface area contributed by atoms with Crippen molar-refractivity contribution < 1.29 is 23.9 Å². The topological polar surface area (TPSA) is 69.7 Å². The third-order valence-corrected chi connectivity index (χ3v) is 3.89. The highest BCUT2D eigenvalue weighted by Crippen LogP contribution is 2.37. The van der Waals surface area contributed by atoms with Gasteiger partial charge in [0.25, 0.3) is 0 Å². The molecule has 0 aromatic heterocycles. The van der Waals surface area contributed by atoms with Gasteiger partial charge in [-0.3, -0.25) is 14.4 Å². The van der Waals surface area contributed by atoms with Crippen LogP contribution in [0.5, 0.6) is 5.75 Å². The van der Waals surface area contributed by atoms with Crippen molar-refractivity contribution in [2.24, 2.45) is 0 Å². The Hall–Kier alpha value is -2.27. The molecule has 1 heterocycles. The molecule has 0 N–H and O–H groups in total. The lowest BCUT2D eigenvalue weighted by Crippen LogP contribution is -2.42. The molecule has 1 aromatic rings. The van der Waals surface area contributed by atoms with Crippen LogP contribution in [0.2, 0.25) is 0 Å². The number of rotatable bonds is 1. The number of methoxy groups -OCH3 is 1. The zero-order valence-electron chi connectivity index (χ0n) is 11.9. The Morgan fingerprint density at radius 3 is 2.43 bits per heavy atom. The summed E-state index contributed by atoms with van der Waals surface area (Å²) in [4.78, 5) is 37.6. The van der Waals surface area contributed by atoms with Crippen LogP contribution in [0, 0.1) is 0 Å². The molecule has 21 heavy (non-hydrogen) atoms. The summed E-state index contributed by atoms with van der Waals surface area (Å²) in [5, 5.41) is 0. The molecule has 2 aliphatic rings. The van der Waals surface area contributed by atoms with Gasteiger partial charge >= 0.3 is 0 Å². The van der Waals surface area contributed by atoms with Gasteiger partial charge in [0.15, 0.2) is 17.3 Å². The fraction of sp³-hybridized carbons (Fsp3) is 0.312. The highest BCUT2D eigenvalue weighted by Gasteiger charge is 2.44. The molecule has 108 valence electrons. The lowest BCUT2D eigenvalue weighted by molar-refractivity contribution is -0.129. The maximum absolute atomic E-state index is 12.7. The maximum Gasteiger partial charge on any atom is 0.198 e. The summed E-state index contributed by atoms with van der Waals surface area (Å²) < 4.78 is 10.6. The van der Waals surface area contributed by atoms with E-state index < -0.39 is 23.8 Å². The molecule has 0 amide bonds. The van der Waals surface area contributed by atoms with E-state index in [-0.39, 0.29) is 28.1 Å². The molecule has 0 fully saturated rings. The van der Waals surface area contributed by atoms with Crippen LogP contribution >= 0.6 is 0 Å². The summed E-state index contributed by atoms with van der Waals surface area (Å²) >= 11 is 0. The summed E-state index contributed by atoms with van der Waals surface area (Å²) in [6.45, 7) is 3.26. The van der Waals surface area contributed by atoms with Crippen LogP contribution in [0.4, 0.5) is 0 Å². The number of fused-ring (bicyclic) bond motifs is 1. The van der Waals surface area contributed by atoms with E-state index in [0.29, 0.717) is 5.75 Å². The Balaban J connectivity index is 2.29. The summed E-state index contributed by atoms with van der Waals surface area (Å²) in [5.41, 5.74) is 0.529. The second-order valence-corrected chi connectivity index (χ2v) is 5.11. The zero-order valence-corrected chi connectivity index (χ0v) is 11.9. The van der Waals surface area contributed by atoms with Crippen molar-refractivity contribution in [1.82, 2.24) is 0 Å². The molecule has 5 heteroatoms. The Morgan fingerprint density at radius 2 is 1.76 bits per heavy atom. The first-order chi connectivity index (χ1) is 9.97. The Kier molecular flexibility index (Phi) is 3.02. The van der Waals surface area contributed by atoms with Crippen molar-refractivity contribution in [2.45, 2.75) is 26.1 Å². The van der Waals surface area contributed by atoms with Crippen LogP contribution in [0.3, 0.4) is 0 Å². The van der Waals surface area contributed by atoms with Gasteiger partial charge in [-0.2, -0.15) is 0 Å². The Bertz CT molecular complexity index is 713. The molecule has 0 saturated carbocycles. The molecule has 3 rings (SSSR count). The smallest absolute Gasteiger partial charge is 0.198 e.